The van der Waals surface area contributed by atoms with Crippen LogP contribution in [0.5, 0.6) is 5.75 Å². The summed E-state index contributed by atoms with van der Waals surface area (Å²) in [6.45, 7) is 0.890. The van der Waals surface area contributed by atoms with Gasteiger partial charge >= 0.3 is 0 Å². The van der Waals surface area contributed by atoms with Crippen LogP contribution < -0.4 is 4.74 Å². The number of hydrogen-bond donors (Lipinski definition) is 0. The lowest BCUT2D eigenvalue weighted by molar-refractivity contribution is 0.102. The minimum absolute atomic E-state index is 0.0624. The molecular weight excluding hydrogens is 271 g/mol. The van der Waals surface area contributed by atoms with E-state index in [0.717, 1.165) is 37.2 Å². The van der Waals surface area contributed by atoms with Crippen molar-refractivity contribution in [1.82, 2.24) is 0 Å². The molecule has 2 rings (SSSR count). The van der Waals surface area contributed by atoms with Crippen LogP contribution >= 0.6 is 23.2 Å². The molecule has 0 spiro atoms. The quantitative estimate of drug-likeness (QED) is 0.738. The maximum atomic E-state index is 6.40. The molecular formula is C14H18Cl2O2. The Morgan fingerprint density at radius 1 is 1.50 bits per heavy atom. The zero-order valence-electron chi connectivity index (χ0n) is 10.5. The fourth-order valence-corrected chi connectivity index (χ4v) is 2.92. The number of hydrogen-bond acceptors (Lipinski definition) is 2. The predicted octanol–water partition coefficient (Wildman–Crippen LogP) is 4.59. The van der Waals surface area contributed by atoms with Crippen LogP contribution in [0.1, 0.15) is 36.6 Å². The smallest absolute Gasteiger partial charge is 0.120 e. The molecule has 1 heterocycles. The third-order valence-electron chi connectivity index (χ3n) is 3.31. The van der Waals surface area contributed by atoms with Gasteiger partial charge in [0.1, 0.15) is 5.75 Å². The van der Waals surface area contributed by atoms with Gasteiger partial charge in [-0.2, -0.15) is 0 Å². The Labute approximate surface area is 118 Å². The second-order valence-electron chi connectivity index (χ2n) is 4.57. The Bertz CT molecular complexity index is 389. The molecule has 0 saturated carbocycles. The summed E-state index contributed by atoms with van der Waals surface area (Å²) in [5.74, 6) is 0.756. The van der Waals surface area contributed by atoms with E-state index in [1.807, 2.05) is 12.1 Å². The van der Waals surface area contributed by atoms with Gasteiger partial charge in [-0.1, -0.05) is 17.7 Å². The summed E-state index contributed by atoms with van der Waals surface area (Å²) >= 11 is 12.6. The van der Waals surface area contributed by atoms with Crippen molar-refractivity contribution >= 4 is 23.2 Å². The zero-order valence-corrected chi connectivity index (χ0v) is 12.0. The maximum absolute atomic E-state index is 6.40. The molecule has 0 amide bonds. The highest BCUT2D eigenvalue weighted by molar-refractivity contribution is 6.32. The second-order valence-corrected chi connectivity index (χ2v) is 5.50. The topological polar surface area (TPSA) is 18.5 Å². The summed E-state index contributed by atoms with van der Waals surface area (Å²) in [6, 6.07) is 5.63. The van der Waals surface area contributed by atoms with E-state index in [1.54, 1.807) is 13.2 Å². The van der Waals surface area contributed by atoms with Crippen LogP contribution in [0.4, 0.5) is 0 Å². The van der Waals surface area contributed by atoms with E-state index in [0.29, 0.717) is 11.1 Å². The normalized spacial score (nSPS) is 20.9. The SMILES string of the molecule is COc1ccc(C(Cl)CCC2CCCO2)c(Cl)c1. The Morgan fingerprint density at radius 2 is 2.33 bits per heavy atom. The lowest BCUT2D eigenvalue weighted by Gasteiger charge is -2.15. The maximum Gasteiger partial charge on any atom is 0.120 e. The van der Waals surface area contributed by atoms with Crippen molar-refractivity contribution in [3.05, 3.63) is 28.8 Å². The lowest BCUT2D eigenvalue weighted by Crippen LogP contribution is -2.06. The van der Waals surface area contributed by atoms with E-state index in [9.17, 15) is 0 Å². The predicted molar refractivity (Wildman–Crippen MR) is 74.8 cm³/mol. The number of benzene rings is 1. The molecule has 1 saturated heterocycles. The van der Waals surface area contributed by atoms with Crippen LogP contribution in [-0.4, -0.2) is 19.8 Å². The van der Waals surface area contributed by atoms with Crippen LogP contribution in [-0.2, 0) is 4.74 Å². The summed E-state index contributed by atoms with van der Waals surface area (Å²) in [6.07, 6.45) is 4.58. The molecule has 2 unspecified atom stereocenters. The molecule has 2 nitrogen and oxygen atoms in total. The van der Waals surface area contributed by atoms with E-state index in [4.69, 9.17) is 32.7 Å². The molecule has 18 heavy (non-hydrogen) atoms. The van der Waals surface area contributed by atoms with Crippen molar-refractivity contribution in [2.45, 2.75) is 37.2 Å². The Hall–Kier alpha value is -0.440. The summed E-state index contributed by atoms with van der Waals surface area (Å²) < 4.78 is 10.7. The average Bonchev–Trinajstić information content (AvgIpc) is 2.88. The number of rotatable bonds is 5. The third-order valence-corrected chi connectivity index (χ3v) is 4.09. The molecule has 4 heteroatoms. The van der Waals surface area contributed by atoms with Gasteiger partial charge in [0.2, 0.25) is 0 Å². The van der Waals surface area contributed by atoms with Crippen molar-refractivity contribution in [3.8, 4) is 5.75 Å². The molecule has 0 aromatic heterocycles. The van der Waals surface area contributed by atoms with Gasteiger partial charge in [0.25, 0.3) is 0 Å². The molecule has 1 aliphatic heterocycles. The summed E-state index contributed by atoms with van der Waals surface area (Å²) in [5, 5.41) is 0.606. The van der Waals surface area contributed by atoms with Gasteiger partial charge in [-0.3, -0.25) is 0 Å². The lowest BCUT2D eigenvalue weighted by atomic mass is 10.0. The number of ether oxygens (including phenoxy) is 2. The van der Waals surface area contributed by atoms with Crippen LogP contribution in [0.3, 0.4) is 0 Å². The van der Waals surface area contributed by atoms with Crippen molar-refractivity contribution in [2.75, 3.05) is 13.7 Å². The number of alkyl halides is 1. The van der Waals surface area contributed by atoms with Crippen molar-refractivity contribution in [1.29, 1.82) is 0 Å². The van der Waals surface area contributed by atoms with Gasteiger partial charge in [-0.25, -0.2) is 0 Å². The molecule has 0 bridgehead atoms. The molecule has 0 N–H and O–H groups in total. The standard InChI is InChI=1S/C14H18Cl2O2/c1-17-11-4-6-12(14(16)9-11)13(15)7-5-10-3-2-8-18-10/h4,6,9-10,13H,2-3,5,7-8H2,1H3. The first-order valence-corrected chi connectivity index (χ1v) is 7.11. The Morgan fingerprint density at radius 3 is 2.94 bits per heavy atom. The first-order valence-electron chi connectivity index (χ1n) is 6.30. The Kier molecular flexibility index (Phi) is 5.16. The van der Waals surface area contributed by atoms with Gasteiger partial charge in [0.05, 0.1) is 18.6 Å². The van der Waals surface area contributed by atoms with Crippen molar-refractivity contribution in [3.63, 3.8) is 0 Å². The third kappa shape index (κ3) is 3.53. The molecule has 1 aliphatic rings. The first kappa shape index (κ1) is 14.0. The summed E-state index contributed by atoms with van der Waals surface area (Å²) in [5.41, 5.74) is 0.970. The van der Waals surface area contributed by atoms with Crippen molar-refractivity contribution in [2.24, 2.45) is 0 Å². The average molecular weight is 289 g/mol. The fraction of sp³-hybridized carbons (Fsp3) is 0.571. The highest BCUT2D eigenvalue weighted by Gasteiger charge is 2.19. The number of halogens is 2. The van der Waals surface area contributed by atoms with E-state index in [2.05, 4.69) is 0 Å². The monoisotopic (exact) mass is 288 g/mol. The Balaban J connectivity index is 1.93. The van der Waals surface area contributed by atoms with Crippen molar-refractivity contribution < 1.29 is 9.47 Å². The summed E-state index contributed by atoms with van der Waals surface area (Å²) in [7, 11) is 1.63. The van der Waals surface area contributed by atoms with E-state index >= 15 is 0 Å². The fourth-order valence-electron chi connectivity index (χ4n) is 2.25. The largest absolute Gasteiger partial charge is 0.497 e. The van der Waals surface area contributed by atoms with Gasteiger partial charge in [-0.15, -0.1) is 11.6 Å². The molecule has 0 radical (unpaired) electrons. The van der Waals surface area contributed by atoms with Crippen LogP contribution in [0, 0.1) is 0 Å². The van der Waals surface area contributed by atoms with Gasteiger partial charge < -0.3 is 9.47 Å². The van der Waals surface area contributed by atoms with Gasteiger partial charge in [0.15, 0.2) is 0 Å². The number of methoxy groups -OCH3 is 1. The molecule has 1 aromatic carbocycles. The zero-order chi connectivity index (χ0) is 13.0. The molecule has 2 atom stereocenters. The highest BCUT2D eigenvalue weighted by Crippen LogP contribution is 2.34. The molecule has 1 fully saturated rings. The first-order chi connectivity index (χ1) is 8.70. The molecule has 1 aromatic rings. The van der Waals surface area contributed by atoms with E-state index < -0.39 is 0 Å². The van der Waals surface area contributed by atoms with E-state index in [-0.39, 0.29) is 5.38 Å². The van der Waals surface area contributed by atoms with Crippen LogP contribution in [0.2, 0.25) is 5.02 Å². The van der Waals surface area contributed by atoms with Gasteiger partial charge in [-0.05, 0) is 43.4 Å². The minimum Gasteiger partial charge on any atom is -0.497 e. The van der Waals surface area contributed by atoms with E-state index in [1.165, 1.54) is 6.42 Å². The second kappa shape index (κ2) is 6.65. The molecule has 0 aliphatic carbocycles. The minimum atomic E-state index is -0.0624. The summed E-state index contributed by atoms with van der Waals surface area (Å²) in [4.78, 5) is 0. The van der Waals surface area contributed by atoms with Crippen LogP contribution in [0.25, 0.3) is 0 Å². The van der Waals surface area contributed by atoms with Gasteiger partial charge in [0, 0.05) is 11.6 Å². The molecule has 100 valence electrons. The van der Waals surface area contributed by atoms with Crippen LogP contribution in [0.15, 0.2) is 18.2 Å². The highest BCUT2D eigenvalue weighted by atomic mass is 35.5.